The predicted octanol–water partition coefficient (Wildman–Crippen LogP) is 6.28. The van der Waals surface area contributed by atoms with E-state index in [4.69, 9.17) is 15.6 Å². The Hall–Kier alpha value is -3.14. The van der Waals surface area contributed by atoms with E-state index >= 15 is 8.78 Å². The number of benzene rings is 3. The average Bonchev–Trinajstić information content (AvgIpc) is 3.25. The van der Waals surface area contributed by atoms with Crippen molar-refractivity contribution in [2.75, 3.05) is 0 Å². The SMILES string of the molecule is CC(C)c1ccc2cc(S(=O)(=O)N[C@@H](C(=O)N3C4CCC3CC(N)C4)C(F)(F)c3ccc(Br)cc3)ccc2c1.O=C(O)C(F)(F)F. The fourth-order valence-corrected chi connectivity index (χ4v) is 7.33. The van der Waals surface area contributed by atoms with Gasteiger partial charge in [-0.2, -0.15) is 26.7 Å². The summed E-state index contributed by atoms with van der Waals surface area (Å²) in [4.78, 5) is 24.0. The Bertz CT molecular complexity index is 1690. The quantitative estimate of drug-likeness (QED) is 0.245. The molecule has 2 aliphatic heterocycles. The summed E-state index contributed by atoms with van der Waals surface area (Å²) in [6.07, 6.45) is -2.74. The largest absolute Gasteiger partial charge is 0.490 e. The van der Waals surface area contributed by atoms with Crippen molar-refractivity contribution in [2.45, 2.75) is 86.6 Å². The van der Waals surface area contributed by atoms with Gasteiger partial charge in [-0.15, -0.1) is 0 Å². The van der Waals surface area contributed by atoms with Gasteiger partial charge >= 0.3 is 12.1 Å². The van der Waals surface area contributed by atoms with Crippen LogP contribution in [0, 0.1) is 0 Å². The number of carbonyl (C=O) groups is 2. The second-order valence-electron chi connectivity index (χ2n) is 11.8. The van der Waals surface area contributed by atoms with Crippen LogP contribution >= 0.6 is 15.9 Å². The van der Waals surface area contributed by atoms with E-state index < -0.39 is 45.6 Å². The van der Waals surface area contributed by atoms with Crippen LogP contribution in [0.2, 0.25) is 0 Å². The molecule has 2 heterocycles. The first-order valence-electron chi connectivity index (χ1n) is 14.4. The van der Waals surface area contributed by atoms with Gasteiger partial charge in [-0.25, -0.2) is 13.2 Å². The third-order valence-electron chi connectivity index (χ3n) is 8.19. The molecule has 15 heteroatoms. The lowest BCUT2D eigenvalue weighted by Crippen LogP contribution is -2.60. The third-order valence-corrected chi connectivity index (χ3v) is 10.1. The van der Waals surface area contributed by atoms with E-state index in [1.165, 1.54) is 41.3 Å². The second kappa shape index (κ2) is 13.5. The van der Waals surface area contributed by atoms with Crippen LogP contribution in [0.15, 0.2) is 70.0 Å². The molecule has 0 aliphatic carbocycles. The average molecular weight is 735 g/mol. The lowest BCUT2D eigenvalue weighted by Gasteiger charge is -2.41. The number of aliphatic carboxylic acids is 1. The molecule has 3 atom stereocenters. The molecule has 0 spiro atoms. The summed E-state index contributed by atoms with van der Waals surface area (Å²) in [5, 5.41) is 8.63. The van der Waals surface area contributed by atoms with Gasteiger partial charge in [-0.1, -0.05) is 66.2 Å². The van der Waals surface area contributed by atoms with Gasteiger partial charge < -0.3 is 15.7 Å². The number of nitrogens with zero attached hydrogens (tertiary/aromatic N) is 1. The maximum Gasteiger partial charge on any atom is 0.490 e. The molecule has 250 valence electrons. The summed E-state index contributed by atoms with van der Waals surface area (Å²) in [5.74, 6) is -7.19. The predicted molar refractivity (Wildman–Crippen MR) is 165 cm³/mol. The molecule has 2 bridgehead atoms. The number of amides is 1. The van der Waals surface area contributed by atoms with Gasteiger partial charge in [0.15, 0.2) is 6.04 Å². The fourth-order valence-electron chi connectivity index (χ4n) is 5.84. The molecule has 0 saturated carbocycles. The van der Waals surface area contributed by atoms with Crippen LogP contribution in [0.3, 0.4) is 0 Å². The van der Waals surface area contributed by atoms with Crippen LogP contribution in [0.4, 0.5) is 22.0 Å². The van der Waals surface area contributed by atoms with Crippen molar-refractivity contribution in [3.8, 4) is 0 Å². The number of halogens is 6. The van der Waals surface area contributed by atoms with Crippen molar-refractivity contribution in [1.29, 1.82) is 0 Å². The van der Waals surface area contributed by atoms with E-state index in [2.05, 4.69) is 34.5 Å². The van der Waals surface area contributed by atoms with Crippen molar-refractivity contribution in [3.63, 3.8) is 0 Å². The van der Waals surface area contributed by atoms with Crippen molar-refractivity contribution >= 4 is 48.6 Å². The minimum atomic E-state index is -5.08. The molecule has 5 rings (SSSR count). The lowest BCUT2D eigenvalue weighted by molar-refractivity contribution is -0.192. The molecule has 3 aromatic rings. The van der Waals surface area contributed by atoms with Crippen molar-refractivity contribution in [2.24, 2.45) is 5.73 Å². The van der Waals surface area contributed by atoms with Crippen LogP contribution in [0.25, 0.3) is 10.8 Å². The zero-order chi connectivity index (χ0) is 34.2. The van der Waals surface area contributed by atoms with Crippen LogP contribution in [-0.2, 0) is 25.5 Å². The Balaban J connectivity index is 0.000000617. The highest BCUT2D eigenvalue weighted by molar-refractivity contribution is 9.10. The topological polar surface area (TPSA) is 130 Å². The number of nitrogens with one attached hydrogen (secondary N) is 1. The summed E-state index contributed by atoms with van der Waals surface area (Å²) >= 11 is 3.24. The number of carboxylic acids is 1. The number of sulfonamides is 1. The Morgan fingerprint density at radius 3 is 1.98 bits per heavy atom. The van der Waals surface area contributed by atoms with Crippen LogP contribution in [0.5, 0.6) is 0 Å². The maximum absolute atomic E-state index is 16.1. The smallest absolute Gasteiger partial charge is 0.475 e. The van der Waals surface area contributed by atoms with Crippen molar-refractivity contribution in [3.05, 3.63) is 76.3 Å². The Morgan fingerprint density at radius 1 is 0.935 bits per heavy atom. The standard InChI is InChI=1S/C29H32BrF2N3O3S.C2HF3O2/c1-17(2)18-3-4-20-14-26(12-5-19(20)13-18)39(37,38)34-27(29(31,32)21-6-8-22(30)9-7-21)28(36)35-24-10-11-25(35)16-23(33)15-24;3-2(4,5)1(6)7/h3-9,12-14,17,23-25,27,34H,10-11,15-16,33H2,1-2H3;(H,6,7)/t23?,24?,25?,27-;/m0./s1. The number of piperidine rings is 1. The Kier molecular flexibility index (Phi) is 10.5. The zero-order valence-corrected chi connectivity index (χ0v) is 27.2. The van der Waals surface area contributed by atoms with E-state index in [-0.39, 0.29) is 23.0 Å². The molecule has 3 aromatic carbocycles. The molecule has 8 nitrogen and oxygen atoms in total. The first-order valence-corrected chi connectivity index (χ1v) is 16.7. The van der Waals surface area contributed by atoms with E-state index in [0.29, 0.717) is 41.5 Å². The minimum Gasteiger partial charge on any atom is -0.475 e. The number of alkyl halides is 5. The minimum absolute atomic E-state index is 0.109. The molecule has 4 N–H and O–H groups in total. The highest BCUT2D eigenvalue weighted by atomic mass is 79.9. The zero-order valence-electron chi connectivity index (χ0n) is 24.8. The van der Waals surface area contributed by atoms with Gasteiger partial charge in [0.2, 0.25) is 15.9 Å². The van der Waals surface area contributed by atoms with Gasteiger partial charge in [0, 0.05) is 28.2 Å². The third kappa shape index (κ3) is 7.86. The summed E-state index contributed by atoms with van der Waals surface area (Å²) in [7, 11) is -4.50. The molecule has 0 aromatic heterocycles. The van der Waals surface area contributed by atoms with E-state index in [1.54, 1.807) is 6.07 Å². The van der Waals surface area contributed by atoms with Crippen LogP contribution in [0.1, 0.15) is 56.6 Å². The number of nitrogens with two attached hydrogens (primary N) is 1. The maximum atomic E-state index is 16.1. The fraction of sp³-hybridized carbons (Fsp3) is 0.419. The summed E-state index contributed by atoms with van der Waals surface area (Å²) in [5.41, 5.74) is 6.78. The number of hydrogen-bond acceptors (Lipinski definition) is 5. The summed E-state index contributed by atoms with van der Waals surface area (Å²) in [6.45, 7) is 4.13. The molecule has 2 fully saturated rings. The van der Waals surface area contributed by atoms with Crippen LogP contribution < -0.4 is 10.5 Å². The highest BCUT2D eigenvalue weighted by Gasteiger charge is 2.53. The molecule has 46 heavy (non-hydrogen) atoms. The first kappa shape index (κ1) is 35.7. The van der Waals surface area contributed by atoms with Gasteiger partial charge in [-0.3, -0.25) is 4.79 Å². The molecule has 2 saturated heterocycles. The van der Waals surface area contributed by atoms with Crippen molar-refractivity contribution < 1.29 is 45.1 Å². The van der Waals surface area contributed by atoms with Crippen LogP contribution in [-0.4, -0.2) is 60.6 Å². The van der Waals surface area contributed by atoms with Gasteiger partial charge in [-0.05, 0) is 72.2 Å². The van der Waals surface area contributed by atoms with E-state index in [1.807, 2.05) is 18.2 Å². The number of rotatable bonds is 7. The highest BCUT2D eigenvalue weighted by Crippen LogP contribution is 2.40. The molecule has 2 unspecified atom stereocenters. The van der Waals surface area contributed by atoms with Gasteiger partial charge in [0.25, 0.3) is 5.92 Å². The number of carboxylic acid groups (broad SMARTS) is 1. The monoisotopic (exact) mass is 733 g/mol. The molecule has 1 amide bonds. The number of hydrogen-bond donors (Lipinski definition) is 3. The van der Waals surface area contributed by atoms with Gasteiger partial charge in [0.1, 0.15) is 0 Å². The Morgan fingerprint density at radius 2 is 1.46 bits per heavy atom. The normalized spacial score (nSPS) is 20.7. The molecular weight excluding hydrogens is 701 g/mol. The molecule has 2 aliphatic rings. The molecule has 0 radical (unpaired) electrons. The summed E-state index contributed by atoms with van der Waals surface area (Å²) in [6, 6.07) is 12.5. The van der Waals surface area contributed by atoms with Gasteiger partial charge in [0.05, 0.1) is 4.90 Å². The number of carbonyl (C=O) groups excluding carboxylic acids is 1. The van der Waals surface area contributed by atoms with Crippen molar-refractivity contribution in [1.82, 2.24) is 9.62 Å². The van der Waals surface area contributed by atoms with E-state index in [0.717, 1.165) is 10.9 Å². The van der Waals surface area contributed by atoms with E-state index in [9.17, 15) is 26.4 Å². The lowest BCUT2D eigenvalue weighted by atomic mass is 9.95. The Labute approximate surface area is 271 Å². The second-order valence-corrected chi connectivity index (χ2v) is 14.4. The molecular formula is C31H33BrF5N3O5S. The number of fused-ring (bicyclic) bond motifs is 3. The summed E-state index contributed by atoms with van der Waals surface area (Å²) < 4.78 is 93.8. The first-order chi connectivity index (χ1) is 21.3.